The number of rotatable bonds is 2. The fourth-order valence-electron chi connectivity index (χ4n) is 2.23. The van der Waals surface area contributed by atoms with Crippen LogP contribution in [0.2, 0.25) is 0 Å². The van der Waals surface area contributed by atoms with Crippen LogP contribution < -0.4 is 0 Å². The van der Waals surface area contributed by atoms with E-state index in [-0.39, 0.29) is 0 Å². The zero-order chi connectivity index (χ0) is 13.2. The summed E-state index contributed by atoms with van der Waals surface area (Å²) in [6.45, 7) is 3.97. The van der Waals surface area contributed by atoms with Crippen molar-refractivity contribution in [2.75, 3.05) is 0 Å². The molecule has 0 N–H and O–H groups in total. The molecule has 0 saturated heterocycles. The van der Waals surface area contributed by atoms with Crippen molar-refractivity contribution >= 4 is 0 Å². The third-order valence-electron chi connectivity index (χ3n) is 3.17. The predicted molar refractivity (Wildman–Crippen MR) is 76.8 cm³/mol. The van der Waals surface area contributed by atoms with Gasteiger partial charge in [0.1, 0.15) is 5.69 Å². The molecule has 3 rings (SSSR count). The first kappa shape index (κ1) is 11.7. The van der Waals surface area contributed by atoms with Gasteiger partial charge >= 0.3 is 0 Å². The van der Waals surface area contributed by atoms with E-state index in [4.69, 9.17) is 4.42 Å². The average Bonchev–Trinajstić information content (AvgIpc) is 2.82. The summed E-state index contributed by atoms with van der Waals surface area (Å²) in [6.07, 6.45) is 0. The summed E-state index contributed by atoms with van der Waals surface area (Å²) < 4.78 is 5.80. The molecule has 3 aromatic rings. The van der Waals surface area contributed by atoms with Crippen LogP contribution in [0.3, 0.4) is 0 Å². The molecular formula is C17H15NO. The summed E-state index contributed by atoms with van der Waals surface area (Å²) in [5.74, 6) is 1.53. The molecule has 0 spiro atoms. The van der Waals surface area contributed by atoms with E-state index in [0.717, 1.165) is 22.6 Å². The molecule has 0 saturated carbocycles. The highest BCUT2D eigenvalue weighted by atomic mass is 16.4. The molecule has 1 heterocycles. The van der Waals surface area contributed by atoms with Gasteiger partial charge in [-0.1, -0.05) is 54.6 Å². The summed E-state index contributed by atoms with van der Waals surface area (Å²) in [5.41, 5.74) is 4.30. The first-order valence-corrected chi connectivity index (χ1v) is 6.34. The molecule has 0 aliphatic heterocycles. The quantitative estimate of drug-likeness (QED) is 0.662. The van der Waals surface area contributed by atoms with Gasteiger partial charge in [-0.2, -0.15) is 0 Å². The van der Waals surface area contributed by atoms with Crippen molar-refractivity contribution in [2.45, 2.75) is 13.8 Å². The second kappa shape index (κ2) is 4.73. The predicted octanol–water partition coefficient (Wildman–Crippen LogP) is 4.63. The van der Waals surface area contributed by atoms with Gasteiger partial charge < -0.3 is 4.42 Å². The van der Waals surface area contributed by atoms with Crippen LogP contribution in [0.4, 0.5) is 0 Å². The third-order valence-corrected chi connectivity index (χ3v) is 3.17. The van der Waals surface area contributed by atoms with Crippen LogP contribution in [-0.4, -0.2) is 4.98 Å². The second-order valence-corrected chi connectivity index (χ2v) is 4.59. The van der Waals surface area contributed by atoms with Gasteiger partial charge in [0, 0.05) is 18.1 Å². The molecule has 0 atom stereocenters. The van der Waals surface area contributed by atoms with Crippen molar-refractivity contribution in [1.29, 1.82) is 0 Å². The second-order valence-electron chi connectivity index (χ2n) is 4.59. The molecule has 1 aromatic heterocycles. The van der Waals surface area contributed by atoms with Gasteiger partial charge in [-0.3, -0.25) is 0 Å². The Bertz CT molecular complexity index is 698. The smallest absolute Gasteiger partial charge is 0.192 e. The molecule has 0 amide bonds. The SMILES string of the molecule is Cc1nc(-c2ccccc2C)c(-c2ccccc2)o1. The topological polar surface area (TPSA) is 26.0 Å². The van der Waals surface area contributed by atoms with Gasteiger partial charge in [0.2, 0.25) is 0 Å². The maximum absolute atomic E-state index is 5.80. The molecule has 0 radical (unpaired) electrons. The van der Waals surface area contributed by atoms with Crippen LogP contribution in [0.1, 0.15) is 11.5 Å². The fourth-order valence-corrected chi connectivity index (χ4v) is 2.23. The highest BCUT2D eigenvalue weighted by molar-refractivity contribution is 5.78. The minimum absolute atomic E-state index is 0.692. The molecule has 0 aliphatic carbocycles. The number of hydrogen-bond donors (Lipinski definition) is 0. The minimum Gasteiger partial charge on any atom is -0.440 e. The van der Waals surface area contributed by atoms with E-state index < -0.39 is 0 Å². The minimum atomic E-state index is 0.692. The van der Waals surface area contributed by atoms with Crippen molar-refractivity contribution < 1.29 is 4.42 Å². The fraction of sp³-hybridized carbons (Fsp3) is 0.118. The molecule has 2 nitrogen and oxygen atoms in total. The van der Waals surface area contributed by atoms with Gasteiger partial charge in [-0.15, -0.1) is 0 Å². The van der Waals surface area contributed by atoms with Crippen molar-refractivity contribution in [1.82, 2.24) is 4.98 Å². The molecular weight excluding hydrogens is 234 g/mol. The average molecular weight is 249 g/mol. The first-order valence-electron chi connectivity index (χ1n) is 6.34. The van der Waals surface area contributed by atoms with E-state index in [1.807, 2.05) is 49.4 Å². The third kappa shape index (κ3) is 2.17. The van der Waals surface area contributed by atoms with E-state index in [2.05, 4.69) is 24.0 Å². The monoisotopic (exact) mass is 249 g/mol. The molecule has 0 bridgehead atoms. The molecule has 2 heteroatoms. The summed E-state index contributed by atoms with van der Waals surface area (Å²) in [4.78, 5) is 4.55. The Labute approximate surface area is 112 Å². The van der Waals surface area contributed by atoms with Crippen molar-refractivity contribution in [3.8, 4) is 22.6 Å². The zero-order valence-corrected chi connectivity index (χ0v) is 11.1. The zero-order valence-electron chi connectivity index (χ0n) is 11.1. The first-order chi connectivity index (χ1) is 9.25. The largest absolute Gasteiger partial charge is 0.440 e. The van der Waals surface area contributed by atoms with Crippen LogP contribution >= 0.6 is 0 Å². The van der Waals surface area contributed by atoms with Crippen LogP contribution in [0.5, 0.6) is 0 Å². The summed E-state index contributed by atoms with van der Waals surface area (Å²) >= 11 is 0. The van der Waals surface area contributed by atoms with Gasteiger partial charge in [-0.05, 0) is 12.5 Å². The van der Waals surface area contributed by atoms with E-state index in [9.17, 15) is 0 Å². The molecule has 19 heavy (non-hydrogen) atoms. The van der Waals surface area contributed by atoms with Crippen molar-refractivity contribution in [2.24, 2.45) is 0 Å². The lowest BCUT2D eigenvalue weighted by Crippen LogP contribution is -1.86. The van der Waals surface area contributed by atoms with E-state index in [1.165, 1.54) is 5.56 Å². The Morgan fingerprint density at radius 2 is 1.53 bits per heavy atom. The Morgan fingerprint density at radius 3 is 2.26 bits per heavy atom. The normalized spacial score (nSPS) is 10.6. The number of nitrogens with zero attached hydrogens (tertiary/aromatic N) is 1. The number of aryl methyl sites for hydroxylation is 2. The number of hydrogen-bond acceptors (Lipinski definition) is 2. The van der Waals surface area contributed by atoms with Crippen molar-refractivity contribution in [3.63, 3.8) is 0 Å². The lowest BCUT2D eigenvalue weighted by Gasteiger charge is -2.04. The Kier molecular flexibility index (Phi) is 2.92. The Morgan fingerprint density at radius 1 is 0.842 bits per heavy atom. The molecule has 0 fully saturated rings. The maximum Gasteiger partial charge on any atom is 0.192 e. The summed E-state index contributed by atoms with van der Waals surface area (Å²) in [7, 11) is 0. The highest BCUT2D eigenvalue weighted by Crippen LogP contribution is 2.33. The maximum atomic E-state index is 5.80. The lowest BCUT2D eigenvalue weighted by molar-refractivity contribution is 0.534. The van der Waals surface area contributed by atoms with Gasteiger partial charge in [0.05, 0.1) is 0 Å². The molecule has 94 valence electrons. The highest BCUT2D eigenvalue weighted by Gasteiger charge is 2.15. The number of benzene rings is 2. The molecule has 0 aliphatic rings. The molecule has 0 unspecified atom stereocenters. The standard InChI is InChI=1S/C17H15NO/c1-12-8-6-7-11-15(12)16-17(19-13(2)18-16)14-9-4-3-5-10-14/h3-11H,1-2H3. The van der Waals surface area contributed by atoms with Crippen molar-refractivity contribution in [3.05, 3.63) is 66.1 Å². The van der Waals surface area contributed by atoms with Gasteiger partial charge in [-0.25, -0.2) is 4.98 Å². The van der Waals surface area contributed by atoms with E-state index in [1.54, 1.807) is 0 Å². The van der Waals surface area contributed by atoms with E-state index >= 15 is 0 Å². The van der Waals surface area contributed by atoms with Crippen LogP contribution in [-0.2, 0) is 0 Å². The lowest BCUT2D eigenvalue weighted by atomic mass is 10.0. The Balaban J connectivity index is 2.21. The van der Waals surface area contributed by atoms with Crippen LogP contribution in [0.25, 0.3) is 22.6 Å². The molecule has 2 aromatic carbocycles. The number of oxazole rings is 1. The van der Waals surface area contributed by atoms with E-state index in [0.29, 0.717) is 5.89 Å². The number of aromatic nitrogens is 1. The summed E-state index contributed by atoms with van der Waals surface area (Å²) in [6, 6.07) is 18.3. The van der Waals surface area contributed by atoms with Crippen LogP contribution in [0.15, 0.2) is 59.0 Å². The van der Waals surface area contributed by atoms with Gasteiger partial charge in [0.25, 0.3) is 0 Å². The Hall–Kier alpha value is -2.35. The van der Waals surface area contributed by atoms with Gasteiger partial charge in [0.15, 0.2) is 11.7 Å². The van der Waals surface area contributed by atoms with Crippen LogP contribution in [0, 0.1) is 13.8 Å². The summed E-state index contributed by atoms with van der Waals surface area (Å²) in [5, 5.41) is 0.